The van der Waals surface area contributed by atoms with Crippen LogP contribution in [-0.4, -0.2) is 12.6 Å². The molecule has 48 heavy (non-hydrogen) atoms. The minimum atomic E-state index is 0.0315. The Morgan fingerprint density at radius 1 is 0.354 bits per heavy atom. The van der Waals surface area contributed by atoms with E-state index in [1.165, 1.54) is 238 Å². The Kier molecular flexibility index (Phi) is 42.2. The van der Waals surface area contributed by atoms with Gasteiger partial charge in [-0.05, 0) is 18.8 Å². The molecule has 0 radical (unpaired) electrons. The smallest absolute Gasteiger partial charge is 0.305 e. The molecule has 0 saturated carbocycles. The molecule has 2 nitrogen and oxygen atoms in total. The van der Waals surface area contributed by atoms with Crippen LogP contribution >= 0.6 is 0 Å². The highest BCUT2D eigenvalue weighted by Gasteiger charge is 2.03. The quantitative estimate of drug-likeness (QED) is 0.0475. The maximum atomic E-state index is 12.0. The Hall–Kier alpha value is -0.530. The highest BCUT2D eigenvalue weighted by atomic mass is 16.5. The van der Waals surface area contributed by atoms with Crippen LogP contribution in [0.15, 0.2) is 0 Å². The predicted octanol–water partition coefficient (Wildman–Crippen LogP) is 16.8. The zero-order valence-electron chi connectivity index (χ0n) is 33.9. The third-order valence-electron chi connectivity index (χ3n) is 10.7. The van der Waals surface area contributed by atoms with E-state index in [9.17, 15) is 4.79 Å². The molecule has 0 aromatic heterocycles. The summed E-state index contributed by atoms with van der Waals surface area (Å²) in [7, 11) is 0. The molecule has 0 bridgehead atoms. The van der Waals surface area contributed by atoms with Gasteiger partial charge in [-0.3, -0.25) is 4.79 Å². The van der Waals surface area contributed by atoms with E-state index in [0.717, 1.165) is 18.8 Å². The summed E-state index contributed by atoms with van der Waals surface area (Å²) >= 11 is 0. The summed E-state index contributed by atoms with van der Waals surface area (Å²) in [5, 5.41) is 0. The van der Waals surface area contributed by atoms with Crippen molar-refractivity contribution in [2.75, 3.05) is 6.61 Å². The summed E-state index contributed by atoms with van der Waals surface area (Å²) in [5.41, 5.74) is 0. The highest BCUT2D eigenvalue weighted by molar-refractivity contribution is 5.69. The molecular weight excluding hydrogens is 585 g/mol. The van der Waals surface area contributed by atoms with Crippen molar-refractivity contribution in [1.29, 1.82) is 0 Å². The number of carbonyl (C=O) groups excluding carboxylic acids is 1. The van der Waals surface area contributed by atoms with Crippen LogP contribution < -0.4 is 0 Å². The Balaban J connectivity index is 3.14. The normalized spacial score (nSPS) is 11.6. The average molecular weight is 677 g/mol. The van der Waals surface area contributed by atoms with E-state index in [2.05, 4.69) is 20.8 Å². The van der Waals surface area contributed by atoms with Crippen LogP contribution in [0.25, 0.3) is 0 Å². The van der Waals surface area contributed by atoms with Gasteiger partial charge >= 0.3 is 5.97 Å². The summed E-state index contributed by atoms with van der Waals surface area (Å²) < 4.78 is 5.48. The lowest BCUT2D eigenvalue weighted by molar-refractivity contribution is -0.143. The van der Waals surface area contributed by atoms with E-state index < -0.39 is 0 Å². The van der Waals surface area contributed by atoms with Crippen LogP contribution in [0.5, 0.6) is 0 Å². The van der Waals surface area contributed by atoms with E-state index >= 15 is 0 Å². The first-order valence-corrected chi connectivity index (χ1v) is 22.8. The van der Waals surface area contributed by atoms with Crippen molar-refractivity contribution < 1.29 is 9.53 Å². The molecule has 0 saturated heterocycles. The maximum Gasteiger partial charge on any atom is 0.305 e. The lowest BCUT2D eigenvalue weighted by Gasteiger charge is -2.06. The number of ether oxygens (including phenoxy) is 1. The average Bonchev–Trinajstić information content (AvgIpc) is 3.08. The molecule has 0 aromatic rings. The van der Waals surface area contributed by atoms with Crippen molar-refractivity contribution in [1.82, 2.24) is 0 Å². The zero-order valence-corrected chi connectivity index (χ0v) is 33.9. The summed E-state index contributed by atoms with van der Waals surface area (Å²) in [4.78, 5) is 12.0. The largest absolute Gasteiger partial charge is 0.466 e. The lowest BCUT2D eigenvalue weighted by Crippen LogP contribution is -2.05. The molecular formula is C46H92O2. The van der Waals surface area contributed by atoms with Crippen LogP contribution in [0, 0.1) is 5.92 Å². The first kappa shape index (κ1) is 47.5. The monoisotopic (exact) mass is 677 g/mol. The predicted molar refractivity (Wildman–Crippen MR) is 216 cm³/mol. The second-order valence-electron chi connectivity index (χ2n) is 16.2. The van der Waals surface area contributed by atoms with E-state index in [4.69, 9.17) is 4.74 Å². The van der Waals surface area contributed by atoms with Gasteiger partial charge in [0.2, 0.25) is 0 Å². The molecule has 2 heteroatoms. The van der Waals surface area contributed by atoms with Crippen molar-refractivity contribution in [3.63, 3.8) is 0 Å². The van der Waals surface area contributed by atoms with Crippen molar-refractivity contribution in [2.24, 2.45) is 5.92 Å². The fourth-order valence-corrected chi connectivity index (χ4v) is 7.27. The van der Waals surface area contributed by atoms with Crippen LogP contribution in [0.2, 0.25) is 0 Å². The Morgan fingerprint density at radius 3 is 0.896 bits per heavy atom. The molecule has 0 atom stereocenters. The standard InChI is InChI=1S/C46H92O2/c1-4-5-6-7-8-9-10-11-12-13-14-15-16-17-18-19-20-21-22-25-28-31-34-37-40-43-46(47)48-44-41-38-35-32-29-26-23-24-27-30-33-36-39-42-45(2)3/h45H,4-44H2,1-3H3. The van der Waals surface area contributed by atoms with Crippen molar-refractivity contribution in [3.05, 3.63) is 0 Å². The van der Waals surface area contributed by atoms with Gasteiger partial charge < -0.3 is 4.74 Å². The molecule has 0 amide bonds. The molecule has 0 spiro atoms. The van der Waals surface area contributed by atoms with Crippen molar-refractivity contribution in [3.8, 4) is 0 Å². The fraction of sp³-hybridized carbons (Fsp3) is 0.978. The Labute approximate surface area is 304 Å². The van der Waals surface area contributed by atoms with Crippen molar-refractivity contribution >= 4 is 5.97 Å². The summed E-state index contributed by atoms with van der Waals surface area (Å²) in [6, 6.07) is 0. The summed E-state index contributed by atoms with van der Waals surface area (Å²) in [6.45, 7) is 7.61. The molecule has 0 heterocycles. The van der Waals surface area contributed by atoms with Gasteiger partial charge in [-0.2, -0.15) is 0 Å². The number of hydrogen-bond donors (Lipinski definition) is 0. The Bertz CT molecular complexity index is 585. The zero-order chi connectivity index (χ0) is 34.9. The van der Waals surface area contributed by atoms with E-state index in [1.54, 1.807) is 0 Å². The number of esters is 1. The van der Waals surface area contributed by atoms with Crippen molar-refractivity contribution in [2.45, 2.75) is 278 Å². The van der Waals surface area contributed by atoms with Gasteiger partial charge in [0.15, 0.2) is 0 Å². The van der Waals surface area contributed by atoms with Gasteiger partial charge in [-0.25, -0.2) is 0 Å². The SMILES string of the molecule is CCCCCCCCCCCCCCCCCCCCCCCCCCCC(=O)OCCCCCCCCCCCCCCCC(C)C. The Morgan fingerprint density at radius 2 is 0.604 bits per heavy atom. The molecule has 0 fully saturated rings. The summed E-state index contributed by atoms with van der Waals surface area (Å²) in [6.07, 6.45) is 55.0. The van der Waals surface area contributed by atoms with Gasteiger partial charge in [0, 0.05) is 6.42 Å². The first-order valence-electron chi connectivity index (χ1n) is 22.8. The van der Waals surface area contributed by atoms with Gasteiger partial charge in [0.05, 0.1) is 6.61 Å². The second kappa shape index (κ2) is 42.6. The van der Waals surface area contributed by atoms with Crippen LogP contribution in [-0.2, 0) is 9.53 Å². The van der Waals surface area contributed by atoms with Gasteiger partial charge in [-0.15, -0.1) is 0 Å². The molecule has 288 valence electrons. The number of rotatable bonds is 42. The third-order valence-corrected chi connectivity index (χ3v) is 10.7. The minimum absolute atomic E-state index is 0.0315. The fourth-order valence-electron chi connectivity index (χ4n) is 7.27. The van der Waals surface area contributed by atoms with Gasteiger partial charge in [0.25, 0.3) is 0 Å². The molecule has 0 N–H and O–H groups in total. The molecule has 0 aliphatic rings. The minimum Gasteiger partial charge on any atom is -0.466 e. The van der Waals surface area contributed by atoms with E-state index in [0.29, 0.717) is 13.0 Å². The number of carbonyl (C=O) groups is 1. The molecule has 0 aliphatic heterocycles. The van der Waals surface area contributed by atoms with Crippen LogP contribution in [0.3, 0.4) is 0 Å². The first-order chi connectivity index (χ1) is 23.7. The second-order valence-corrected chi connectivity index (χ2v) is 16.2. The topological polar surface area (TPSA) is 26.3 Å². The lowest BCUT2D eigenvalue weighted by atomic mass is 10.0. The van der Waals surface area contributed by atoms with Crippen LogP contribution in [0.1, 0.15) is 278 Å². The number of hydrogen-bond acceptors (Lipinski definition) is 2. The summed E-state index contributed by atoms with van der Waals surface area (Å²) in [5.74, 6) is 0.904. The molecule has 0 aliphatic carbocycles. The highest BCUT2D eigenvalue weighted by Crippen LogP contribution is 2.17. The van der Waals surface area contributed by atoms with Gasteiger partial charge in [0.1, 0.15) is 0 Å². The van der Waals surface area contributed by atoms with E-state index in [1.807, 2.05) is 0 Å². The van der Waals surface area contributed by atoms with Crippen LogP contribution in [0.4, 0.5) is 0 Å². The molecule has 0 unspecified atom stereocenters. The molecule has 0 aromatic carbocycles. The third kappa shape index (κ3) is 43.5. The maximum absolute atomic E-state index is 12.0. The molecule has 0 rings (SSSR count). The van der Waals surface area contributed by atoms with Gasteiger partial charge in [-0.1, -0.05) is 258 Å². The number of unbranched alkanes of at least 4 members (excludes halogenated alkanes) is 36. The van der Waals surface area contributed by atoms with E-state index in [-0.39, 0.29) is 5.97 Å².